The Kier molecular flexibility index (Phi) is 5.77. The van der Waals surface area contributed by atoms with E-state index in [0.29, 0.717) is 28.8 Å². The van der Waals surface area contributed by atoms with Gasteiger partial charge in [-0.1, -0.05) is 23.8 Å². The lowest BCUT2D eigenvalue weighted by Crippen LogP contribution is -2.23. The van der Waals surface area contributed by atoms with Crippen LogP contribution in [0.25, 0.3) is 11.0 Å². The van der Waals surface area contributed by atoms with Gasteiger partial charge in [0.2, 0.25) is 15.9 Å². The van der Waals surface area contributed by atoms with Crippen LogP contribution in [0.4, 0.5) is 5.82 Å². The summed E-state index contributed by atoms with van der Waals surface area (Å²) in [7, 11) is -3.82. The van der Waals surface area contributed by atoms with E-state index in [1.807, 2.05) is 11.5 Å². The number of nitrogens with one attached hydrogen (secondary N) is 1. The number of thioether (sulfide) groups is 1. The van der Waals surface area contributed by atoms with Gasteiger partial charge in [0.1, 0.15) is 5.76 Å². The fraction of sp³-hybridized carbons (Fsp3) is 0.353. The van der Waals surface area contributed by atoms with Crippen molar-refractivity contribution in [2.75, 3.05) is 5.32 Å². The summed E-state index contributed by atoms with van der Waals surface area (Å²) in [6.45, 7) is 6.22. The van der Waals surface area contributed by atoms with E-state index in [0.717, 1.165) is 11.9 Å². The molecule has 0 saturated carbocycles. The first-order chi connectivity index (χ1) is 13.2. The number of rotatable bonds is 7. The van der Waals surface area contributed by atoms with Crippen molar-refractivity contribution >= 4 is 44.5 Å². The fourth-order valence-corrected chi connectivity index (χ4v) is 4.14. The van der Waals surface area contributed by atoms with Crippen LogP contribution in [-0.4, -0.2) is 34.3 Å². The third-order valence-corrected chi connectivity index (χ3v) is 5.99. The summed E-state index contributed by atoms with van der Waals surface area (Å²) in [4.78, 5) is 17.0. The Balaban J connectivity index is 1.88. The van der Waals surface area contributed by atoms with Gasteiger partial charge < -0.3 is 14.4 Å². The van der Waals surface area contributed by atoms with Gasteiger partial charge in [0.05, 0.1) is 21.2 Å². The molecule has 0 aliphatic rings. The molecule has 2 aromatic heterocycles. The minimum Gasteiger partial charge on any atom is -0.360 e. The van der Waals surface area contributed by atoms with E-state index in [1.54, 1.807) is 26.0 Å². The van der Waals surface area contributed by atoms with Crippen LogP contribution >= 0.6 is 11.8 Å². The van der Waals surface area contributed by atoms with E-state index in [4.69, 9.17) is 9.66 Å². The summed E-state index contributed by atoms with van der Waals surface area (Å²) in [5.41, 5.74) is 1.30. The highest BCUT2D eigenvalue weighted by atomic mass is 32.2. The number of carbonyl (C=O) groups excluding carboxylic acids is 1. The van der Waals surface area contributed by atoms with E-state index in [-0.39, 0.29) is 10.8 Å². The van der Waals surface area contributed by atoms with Gasteiger partial charge in [0, 0.05) is 12.6 Å². The van der Waals surface area contributed by atoms with Gasteiger partial charge in [0.25, 0.3) is 0 Å². The van der Waals surface area contributed by atoms with Crippen LogP contribution in [0.3, 0.4) is 0 Å². The number of fused-ring (bicyclic) bond motifs is 1. The highest BCUT2D eigenvalue weighted by Gasteiger charge is 2.21. The van der Waals surface area contributed by atoms with Gasteiger partial charge in [-0.3, -0.25) is 4.79 Å². The number of hydrogen-bond acceptors (Lipinski definition) is 7. The molecule has 1 atom stereocenters. The van der Waals surface area contributed by atoms with Crippen LogP contribution in [0, 0.1) is 6.92 Å². The summed E-state index contributed by atoms with van der Waals surface area (Å²) in [5.74, 6) is 0.722. The van der Waals surface area contributed by atoms with Crippen LogP contribution in [0.1, 0.15) is 26.0 Å². The van der Waals surface area contributed by atoms with Gasteiger partial charge >= 0.3 is 0 Å². The highest BCUT2D eigenvalue weighted by molar-refractivity contribution is 8.00. The Morgan fingerprint density at radius 2 is 2.14 bits per heavy atom. The molecule has 0 aliphatic heterocycles. The van der Waals surface area contributed by atoms with Gasteiger partial charge in [-0.25, -0.2) is 18.5 Å². The number of nitrogens with zero attached hydrogens (tertiary/aromatic N) is 3. The predicted octanol–water partition coefficient (Wildman–Crippen LogP) is 2.51. The molecule has 9 nitrogen and oxygen atoms in total. The number of aryl methyl sites for hydroxylation is 2. The molecular weight excluding hydrogens is 402 g/mol. The molecule has 0 fully saturated rings. The van der Waals surface area contributed by atoms with Crippen molar-refractivity contribution in [3.8, 4) is 0 Å². The summed E-state index contributed by atoms with van der Waals surface area (Å²) in [6, 6.07) is 6.23. The second-order valence-electron chi connectivity index (χ2n) is 6.31. The number of amides is 1. The Morgan fingerprint density at radius 1 is 1.39 bits per heavy atom. The molecule has 2 heterocycles. The first-order valence-corrected chi connectivity index (χ1v) is 11.1. The van der Waals surface area contributed by atoms with Crippen molar-refractivity contribution in [2.45, 2.75) is 49.0 Å². The quantitative estimate of drug-likeness (QED) is 0.558. The minimum atomic E-state index is -3.82. The molecule has 0 bridgehead atoms. The zero-order valence-electron chi connectivity index (χ0n) is 15.7. The fourth-order valence-electron chi connectivity index (χ4n) is 2.66. The number of aromatic nitrogens is 3. The molecular formula is C17H21N5O4S2. The van der Waals surface area contributed by atoms with E-state index in [9.17, 15) is 13.2 Å². The van der Waals surface area contributed by atoms with E-state index >= 15 is 0 Å². The van der Waals surface area contributed by atoms with Crippen molar-refractivity contribution in [2.24, 2.45) is 5.14 Å². The summed E-state index contributed by atoms with van der Waals surface area (Å²) >= 11 is 1.28. The lowest BCUT2D eigenvalue weighted by Gasteiger charge is -2.12. The van der Waals surface area contributed by atoms with Crippen molar-refractivity contribution in [3.63, 3.8) is 0 Å². The molecule has 11 heteroatoms. The number of sulfonamides is 1. The molecule has 0 spiro atoms. The standard InChI is InChI=1S/C17H21N5O4S2/c1-4-7-22-14-6-5-12(28(18,24)25)9-13(14)19-17(22)27-11(3)16(23)20-15-8-10(2)26-21-15/h5-6,8-9,11H,4,7H2,1-3H3,(H2,18,24,25)(H,20,21,23). The zero-order chi connectivity index (χ0) is 20.5. The third-order valence-electron chi connectivity index (χ3n) is 3.99. The number of nitrogens with two attached hydrogens (primary N) is 1. The van der Waals surface area contributed by atoms with Crippen LogP contribution in [0.2, 0.25) is 0 Å². The summed E-state index contributed by atoms with van der Waals surface area (Å²) in [6.07, 6.45) is 0.856. The largest absolute Gasteiger partial charge is 0.360 e. The smallest absolute Gasteiger partial charge is 0.238 e. The Labute approximate surface area is 166 Å². The normalized spacial score (nSPS) is 13.0. The lowest BCUT2D eigenvalue weighted by molar-refractivity contribution is -0.115. The number of imidazole rings is 1. The predicted molar refractivity (Wildman–Crippen MR) is 107 cm³/mol. The molecule has 3 N–H and O–H groups in total. The molecule has 0 radical (unpaired) electrons. The number of anilines is 1. The lowest BCUT2D eigenvalue weighted by atomic mass is 10.3. The Hall–Kier alpha value is -2.37. The van der Waals surface area contributed by atoms with Crippen LogP contribution in [-0.2, 0) is 21.4 Å². The van der Waals surface area contributed by atoms with E-state index in [1.165, 1.54) is 23.9 Å². The highest BCUT2D eigenvalue weighted by Crippen LogP contribution is 2.29. The van der Waals surface area contributed by atoms with Gasteiger partial charge in [0.15, 0.2) is 11.0 Å². The monoisotopic (exact) mass is 423 g/mol. The maximum Gasteiger partial charge on any atom is 0.238 e. The maximum absolute atomic E-state index is 12.4. The first kappa shape index (κ1) is 20.4. The van der Waals surface area contributed by atoms with Crippen LogP contribution in [0.5, 0.6) is 0 Å². The second-order valence-corrected chi connectivity index (χ2v) is 9.18. The molecule has 0 saturated heterocycles. The molecule has 150 valence electrons. The number of primary sulfonamides is 1. The molecule has 3 aromatic rings. The third kappa shape index (κ3) is 4.37. The van der Waals surface area contributed by atoms with Crippen molar-refractivity contribution < 1.29 is 17.7 Å². The molecule has 1 aromatic carbocycles. The number of benzene rings is 1. The Morgan fingerprint density at radius 3 is 2.75 bits per heavy atom. The van der Waals surface area contributed by atoms with E-state index < -0.39 is 15.3 Å². The second kappa shape index (κ2) is 7.94. The first-order valence-electron chi connectivity index (χ1n) is 8.63. The summed E-state index contributed by atoms with van der Waals surface area (Å²) < 4.78 is 30.1. The van der Waals surface area contributed by atoms with Crippen LogP contribution < -0.4 is 10.5 Å². The van der Waals surface area contributed by atoms with Gasteiger partial charge in [-0.15, -0.1) is 0 Å². The Bertz CT molecular complexity index is 1120. The number of hydrogen-bond donors (Lipinski definition) is 2. The van der Waals surface area contributed by atoms with Crippen molar-refractivity contribution in [1.29, 1.82) is 0 Å². The zero-order valence-corrected chi connectivity index (χ0v) is 17.3. The molecule has 3 rings (SSSR count). The summed E-state index contributed by atoms with van der Waals surface area (Å²) in [5, 5.41) is 11.8. The van der Waals surface area contributed by atoms with Gasteiger partial charge in [-0.2, -0.15) is 0 Å². The molecule has 1 amide bonds. The average molecular weight is 424 g/mol. The van der Waals surface area contributed by atoms with Gasteiger partial charge in [-0.05, 0) is 38.5 Å². The minimum absolute atomic E-state index is 0.00453. The van der Waals surface area contributed by atoms with Crippen LogP contribution in [0.15, 0.2) is 38.8 Å². The van der Waals surface area contributed by atoms with E-state index in [2.05, 4.69) is 15.5 Å². The van der Waals surface area contributed by atoms with Crippen molar-refractivity contribution in [3.05, 3.63) is 30.0 Å². The topological polar surface area (TPSA) is 133 Å². The SMILES string of the molecule is CCCn1c(SC(C)C(=O)Nc2cc(C)on2)nc2cc(S(N)(=O)=O)ccc21. The average Bonchev–Trinajstić information content (AvgIpc) is 3.17. The molecule has 0 aliphatic carbocycles. The number of carbonyl (C=O) groups is 1. The molecule has 1 unspecified atom stereocenters. The maximum atomic E-state index is 12.4. The molecule has 28 heavy (non-hydrogen) atoms. The van der Waals surface area contributed by atoms with Crippen molar-refractivity contribution in [1.82, 2.24) is 14.7 Å².